The van der Waals surface area contributed by atoms with E-state index in [9.17, 15) is 17.6 Å². The van der Waals surface area contributed by atoms with Crippen molar-refractivity contribution in [3.63, 3.8) is 0 Å². The number of hydrogen-bond acceptors (Lipinski definition) is 3. The van der Waals surface area contributed by atoms with Gasteiger partial charge < -0.3 is 5.32 Å². The van der Waals surface area contributed by atoms with Gasteiger partial charge in [0.2, 0.25) is 15.9 Å². The summed E-state index contributed by atoms with van der Waals surface area (Å²) in [5, 5.41) is 2.59. The molecule has 1 rings (SSSR count). The average Bonchev–Trinajstić information content (AvgIpc) is 2.33. The van der Waals surface area contributed by atoms with Crippen LogP contribution in [0.4, 0.5) is 4.39 Å². The molecule has 1 aromatic carbocycles. The van der Waals surface area contributed by atoms with Gasteiger partial charge in [0.05, 0.1) is 6.54 Å². The van der Waals surface area contributed by atoms with Gasteiger partial charge in [-0.05, 0) is 24.6 Å². The largest absolute Gasteiger partial charge is 0.355 e. The number of halogens is 2. The molecule has 0 bridgehead atoms. The Morgan fingerprint density at radius 3 is 2.68 bits per heavy atom. The number of carbonyl (C=O) groups is 1. The third kappa shape index (κ3) is 4.77. The van der Waals surface area contributed by atoms with E-state index in [0.29, 0.717) is 6.54 Å². The van der Waals surface area contributed by atoms with Gasteiger partial charge in [-0.2, -0.15) is 0 Å². The van der Waals surface area contributed by atoms with Gasteiger partial charge >= 0.3 is 0 Å². The van der Waals surface area contributed by atoms with Crippen molar-refractivity contribution in [2.24, 2.45) is 0 Å². The van der Waals surface area contributed by atoms with Gasteiger partial charge in [0.15, 0.2) is 0 Å². The SMILES string of the molecule is CCCNC(=O)CNS(=O)(=O)c1ccc(Cl)cc1F. The van der Waals surface area contributed by atoms with Gasteiger partial charge in [-0.25, -0.2) is 17.5 Å². The Kier molecular flexibility index (Phi) is 5.71. The Morgan fingerprint density at radius 2 is 2.11 bits per heavy atom. The van der Waals surface area contributed by atoms with Gasteiger partial charge in [-0.1, -0.05) is 18.5 Å². The van der Waals surface area contributed by atoms with Gasteiger partial charge in [0.1, 0.15) is 10.7 Å². The number of benzene rings is 1. The highest BCUT2D eigenvalue weighted by Crippen LogP contribution is 2.18. The van der Waals surface area contributed by atoms with Crippen molar-refractivity contribution < 1.29 is 17.6 Å². The molecule has 0 fully saturated rings. The maximum Gasteiger partial charge on any atom is 0.243 e. The number of sulfonamides is 1. The maximum atomic E-state index is 13.5. The third-order valence-electron chi connectivity index (χ3n) is 2.18. The minimum Gasteiger partial charge on any atom is -0.355 e. The van der Waals surface area contributed by atoms with Crippen LogP contribution in [-0.2, 0) is 14.8 Å². The first-order valence-corrected chi connectivity index (χ1v) is 7.44. The lowest BCUT2D eigenvalue weighted by atomic mass is 10.3. The second-order valence-corrected chi connectivity index (χ2v) is 5.92. The molecule has 0 spiro atoms. The predicted molar refractivity (Wildman–Crippen MR) is 69.9 cm³/mol. The molecule has 0 saturated carbocycles. The molecule has 0 aliphatic heterocycles. The third-order valence-corrected chi connectivity index (χ3v) is 3.85. The number of hydrogen-bond donors (Lipinski definition) is 2. The van der Waals surface area contributed by atoms with Crippen LogP contribution in [0.25, 0.3) is 0 Å². The van der Waals surface area contributed by atoms with E-state index in [0.717, 1.165) is 18.6 Å². The molecule has 0 aliphatic carbocycles. The second-order valence-electron chi connectivity index (χ2n) is 3.75. The van der Waals surface area contributed by atoms with Gasteiger partial charge in [0, 0.05) is 11.6 Å². The molecule has 0 radical (unpaired) electrons. The Hall–Kier alpha value is -1.18. The first-order valence-electron chi connectivity index (χ1n) is 5.58. The molecule has 5 nitrogen and oxygen atoms in total. The summed E-state index contributed by atoms with van der Waals surface area (Å²) >= 11 is 5.53. The molecule has 1 aromatic rings. The Bertz CT molecular complexity index is 563. The summed E-state index contributed by atoms with van der Waals surface area (Å²) < 4.78 is 39.0. The fourth-order valence-electron chi connectivity index (χ4n) is 1.26. The molecular formula is C11H14ClFN2O3S. The van der Waals surface area contributed by atoms with Gasteiger partial charge in [-0.3, -0.25) is 4.79 Å². The number of carbonyl (C=O) groups excluding carboxylic acids is 1. The summed E-state index contributed by atoms with van der Waals surface area (Å²) in [5.41, 5.74) is 0. The fraction of sp³-hybridized carbons (Fsp3) is 0.364. The smallest absolute Gasteiger partial charge is 0.243 e. The number of nitrogens with one attached hydrogen (secondary N) is 2. The highest BCUT2D eigenvalue weighted by molar-refractivity contribution is 7.89. The van der Waals surface area contributed by atoms with Crippen LogP contribution >= 0.6 is 11.6 Å². The lowest BCUT2D eigenvalue weighted by Crippen LogP contribution is -2.37. The van der Waals surface area contributed by atoms with E-state index in [4.69, 9.17) is 11.6 Å². The van der Waals surface area contributed by atoms with Crippen molar-refractivity contribution in [3.8, 4) is 0 Å². The van der Waals surface area contributed by atoms with E-state index in [2.05, 4.69) is 5.32 Å². The van der Waals surface area contributed by atoms with E-state index >= 15 is 0 Å². The highest BCUT2D eigenvalue weighted by atomic mass is 35.5. The molecule has 2 N–H and O–H groups in total. The predicted octanol–water partition coefficient (Wildman–Crippen LogP) is 1.28. The zero-order valence-corrected chi connectivity index (χ0v) is 11.8. The second kappa shape index (κ2) is 6.83. The summed E-state index contributed by atoms with van der Waals surface area (Å²) in [6.45, 7) is 1.88. The molecule has 8 heteroatoms. The molecule has 0 unspecified atom stereocenters. The van der Waals surface area contributed by atoms with Crippen molar-refractivity contribution in [2.45, 2.75) is 18.2 Å². The molecular weight excluding hydrogens is 295 g/mol. The summed E-state index contributed by atoms with van der Waals surface area (Å²) in [6, 6.07) is 3.20. The fourth-order valence-corrected chi connectivity index (χ4v) is 2.46. The normalized spacial score (nSPS) is 11.3. The summed E-state index contributed by atoms with van der Waals surface area (Å²) in [7, 11) is -4.07. The van der Waals surface area contributed by atoms with Crippen LogP contribution in [-0.4, -0.2) is 27.4 Å². The van der Waals surface area contributed by atoms with Crippen LogP contribution in [0.3, 0.4) is 0 Å². The minimum atomic E-state index is -4.07. The molecule has 0 saturated heterocycles. The molecule has 19 heavy (non-hydrogen) atoms. The van der Waals surface area contributed by atoms with Crippen LogP contribution in [0.15, 0.2) is 23.1 Å². The van der Waals surface area contributed by atoms with Crippen LogP contribution in [0.1, 0.15) is 13.3 Å². The van der Waals surface area contributed by atoms with E-state index < -0.39 is 33.2 Å². The van der Waals surface area contributed by atoms with Crippen LogP contribution < -0.4 is 10.0 Å². The summed E-state index contributed by atoms with van der Waals surface area (Å²) in [6.07, 6.45) is 0.740. The maximum absolute atomic E-state index is 13.5. The Balaban J connectivity index is 2.73. The van der Waals surface area contributed by atoms with E-state index in [-0.39, 0.29) is 5.02 Å². The topological polar surface area (TPSA) is 75.3 Å². The number of amides is 1. The molecule has 0 atom stereocenters. The molecule has 1 amide bonds. The van der Waals surface area contributed by atoms with E-state index in [1.54, 1.807) is 0 Å². The zero-order valence-electron chi connectivity index (χ0n) is 10.2. The van der Waals surface area contributed by atoms with Crippen molar-refractivity contribution in [1.29, 1.82) is 0 Å². The quantitative estimate of drug-likeness (QED) is 0.831. The summed E-state index contributed by atoms with van der Waals surface area (Å²) in [5.74, 6) is -1.44. The van der Waals surface area contributed by atoms with Crippen LogP contribution in [0, 0.1) is 5.82 Å². The van der Waals surface area contributed by atoms with Crippen LogP contribution in [0.2, 0.25) is 5.02 Å². The zero-order chi connectivity index (χ0) is 14.5. The standard InChI is InChI=1S/C11H14ClFN2O3S/c1-2-5-14-11(16)7-15-19(17,18)10-4-3-8(12)6-9(10)13/h3-4,6,15H,2,5,7H2,1H3,(H,14,16). The first-order chi connectivity index (χ1) is 8.86. The molecule has 0 aromatic heterocycles. The lowest BCUT2D eigenvalue weighted by Gasteiger charge is -2.08. The molecule has 0 heterocycles. The van der Waals surface area contributed by atoms with E-state index in [1.807, 2.05) is 11.6 Å². The highest BCUT2D eigenvalue weighted by Gasteiger charge is 2.19. The van der Waals surface area contributed by atoms with Crippen LogP contribution in [0.5, 0.6) is 0 Å². The van der Waals surface area contributed by atoms with Crippen molar-refractivity contribution >= 4 is 27.5 Å². The van der Waals surface area contributed by atoms with Crippen molar-refractivity contribution in [1.82, 2.24) is 10.0 Å². The van der Waals surface area contributed by atoms with Gasteiger partial charge in [0.25, 0.3) is 0 Å². The average molecular weight is 309 g/mol. The first kappa shape index (κ1) is 15.9. The Labute approximate surface area is 116 Å². The monoisotopic (exact) mass is 308 g/mol. The Morgan fingerprint density at radius 1 is 1.42 bits per heavy atom. The summed E-state index contributed by atoms with van der Waals surface area (Å²) in [4.78, 5) is 10.7. The number of rotatable bonds is 6. The molecule has 106 valence electrons. The minimum absolute atomic E-state index is 0.0946. The van der Waals surface area contributed by atoms with E-state index in [1.165, 1.54) is 6.07 Å². The van der Waals surface area contributed by atoms with Crippen molar-refractivity contribution in [2.75, 3.05) is 13.1 Å². The lowest BCUT2D eigenvalue weighted by molar-refractivity contribution is -0.119. The molecule has 0 aliphatic rings. The van der Waals surface area contributed by atoms with Gasteiger partial charge in [-0.15, -0.1) is 0 Å². The van der Waals surface area contributed by atoms with Crippen molar-refractivity contribution in [3.05, 3.63) is 29.0 Å².